The first kappa shape index (κ1) is 28.2. The molecule has 0 aliphatic carbocycles. The molecule has 6 heterocycles. The van der Waals surface area contributed by atoms with E-state index in [1.165, 1.54) is 0 Å². The molecule has 3 aromatic carbocycles. The molecule has 0 fully saturated rings. The lowest BCUT2D eigenvalue weighted by Gasteiger charge is -2.30. The highest BCUT2D eigenvalue weighted by Crippen LogP contribution is 2.51. The zero-order valence-corrected chi connectivity index (χ0v) is 26.2. The summed E-state index contributed by atoms with van der Waals surface area (Å²) < 4.78 is 55.6. The Bertz CT molecular complexity index is 2400. The molecule has 0 bridgehead atoms. The molecule has 0 spiro atoms. The van der Waals surface area contributed by atoms with Crippen LogP contribution in [-0.4, -0.2) is 14.8 Å². The third-order valence-corrected chi connectivity index (χ3v) is 10.7. The van der Waals surface area contributed by atoms with Crippen molar-refractivity contribution in [3.8, 4) is 22.8 Å². The predicted molar refractivity (Wildman–Crippen MR) is 173 cm³/mol. The number of rotatable bonds is 3. The minimum Gasteiger partial charge on any atom is -0.456 e. The lowest BCUT2D eigenvalue weighted by Crippen LogP contribution is -2.57. The van der Waals surface area contributed by atoms with Crippen molar-refractivity contribution in [3.63, 3.8) is 0 Å². The van der Waals surface area contributed by atoms with Crippen molar-refractivity contribution in [2.24, 2.45) is 0 Å². The zero-order valence-electron chi connectivity index (χ0n) is 26.2. The average Bonchev–Trinajstić information content (AvgIpc) is 3.77. The molecule has 0 saturated carbocycles. The van der Waals surface area contributed by atoms with Crippen LogP contribution in [0.2, 0.25) is 0 Å². The summed E-state index contributed by atoms with van der Waals surface area (Å²) in [6, 6.07) is 27.5. The molecule has 0 amide bonds. The Labute approximate surface area is 268 Å². The summed E-state index contributed by atoms with van der Waals surface area (Å²) >= 11 is 0. The van der Waals surface area contributed by atoms with Gasteiger partial charge < -0.3 is 4.42 Å². The molecule has 234 valence electrons. The molecule has 4 aromatic heterocycles. The number of hydrogen-bond donors (Lipinski definition) is 0. The van der Waals surface area contributed by atoms with Gasteiger partial charge in [0.25, 0.3) is 11.5 Å². The first-order chi connectivity index (χ1) is 22.7. The van der Waals surface area contributed by atoms with E-state index in [-0.39, 0.29) is 11.9 Å². The Morgan fingerprint density at radius 3 is 2.43 bits per heavy atom. The summed E-state index contributed by atoms with van der Waals surface area (Å²) in [5.41, 5.74) is 7.09. The normalized spacial score (nSPS) is 18.3. The maximum absolute atomic E-state index is 14.4. The van der Waals surface area contributed by atoms with Crippen LogP contribution in [0.25, 0.3) is 55.6 Å². The smallest absolute Gasteiger partial charge is 0.453 e. The number of benzene rings is 3. The quantitative estimate of drug-likeness (QED) is 0.184. The van der Waals surface area contributed by atoms with E-state index in [0.29, 0.717) is 12.1 Å². The summed E-state index contributed by atoms with van der Waals surface area (Å²) in [5.74, 6) is -0.893. The number of furan rings is 1. The second kappa shape index (κ2) is 9.73. The van der Waals surface area contributed by atoms with Crippen LogP contribution in [0.4, 0.5) is 13.2 Å². The summed E-state index contributed by atoms with van der Waals surface area (Å²) in [4.78, 5) is 4.23. The van der Waals surface area contributed by atoms with E-state index in [4.69, 9.17) is 4.42 Å². The van der Waals surface area contributed by atoms with Gasteiger partial charge in [-0.2, -0.15) is 27.3 Å². The largest absolute Gasteiger partial charge is 0.456 e. The number of fused-ring (bicyclic) bond motifs is 12. The lowest BCUT2D eigenvalue weighted by molar-refractivity contribution is -0.759. The molecule has 0 N–H and O–H groups in total. The topological polar surface area (TPSA) is 51.6 Å². The van der Waals surface area contributed by atoms with Gasteiger partial charge >= 0.3 is 6.18 Å². The van der Waals surface area contributed by atoms with Crippen LogP contribution in [-0.2, 0) is 11.7 Å². The molecule has 0 radical (unpaired) electrons. The van der Waals surface area contributed by atoms with E-state index >= 15 is 0 Å². The Kier molecular flexibility index (Phi) is 5.84. The van der Waals surface area contributed by atoms with Crippen LogP contribution in [0, 0.1) is 6.92 Å². The highest BCUT2D eigenvalue weighted by Gasteiger charge is 2.55. The number of alkyl halides is 3. The fourth-order valence-corrected chi connectivity index (χ4v) is 8.45. The lowest BCUT2D eigenvalue weighted by atomic mass is 9.81. The van der Waals surface area contributed by atoms with Crippen molar-refractivity contribution in [2.45, 2.75) is 63.8 Å². The van der Waals surface area contributed by atoms with Crippen LogP contribution >= 0.6 is 0 Å². The van der Waals surface area contributed by atoms with Crippen molar-refractivity contribution in [2.75, 3.05) is 0 Å². The fourth-order valence-electron chi connectivity index (χ4n) is 8.45. The summed E-state index contributed by atoms with van der Waals surface area (Å²) in [5, 5.41) is 7.45. The number of aryl methyl sites for hydroxylation is 1. The zero-order chi connectivity index (χ0) is 32.2. The standard InChI is InChI=1S/C38H32F3N5O/c1-4-37(5-2)21-29(46-35(27-15-10-11-19-44(27)37)42-36(43-46)38(39,40)41)34-25-17-18-31-33(24-13-7-9-16-30(24)47-31)32(25)28-20-22(3)23-12-6-8-14-26(23)45(28)34/h6-20,29,34H,4-5,21H2,1-3H3/q+2. The molecule has 2 aliphatic heterocycles. The van der Waals surface area contributed by atoms with E-state index in [2.05, 4.69) is 70.3 Å². The minimum atomic E-state index is -4.69. The van der Waals surface area contributed by atoms with Crippen LogP contribution in [0.5, 0.6) is 0 Å². The van der Waals surface area contributed by atoms with E-state index in [0.717, 1.165) is 68.1 Å². The number of hydrogen-bond acceptors (Lipinski definition) is 3. The van der Waals surface area contributed by atoms with Gasteiger partial charge in [0.15, 0.2) is 11.7 Å². The highest BCUT2D eigenvalue weighted by atomic mass is 19.4. The van der Waals surface area contributed by atoms with Crippen molar-refractivity contribution in [1.82, 2.24) is 14.8 Å². The van der Waals surface area contributed by atoms with Gasteiger partial charge in [-0.3, -0.25) is 0 Å². The maximum Gasteiger partial charge on any atom is 0.453 e. The van der Waals surface area contributed by atoms with E-state index in [1.807, 2.05) is 60.8 Å². The van der Waals surface area contributed by atoms with Gasteiger partial charge in [0, 0.05) is 65.3 Å². The van der Waals surface area contributed by atoms with Gasteiger partial charge in [0.05, 0.1) is 5.56 Å². The molecule has 2 unspecified atom stereocenters. The molecule has 47 heavy (non-hydrogen) atoms. The number of nitrogens with zero attached hydrogens (tertiary/aromatic N) is 5. The number of pyridine rings is 2. The van der Waals surface area contributed by atoms with E-state index < -0.39 is 23.6 Å². The van der Waals surface area contributed by atoms with Crippen molar-refractivity contribution < 1.29 is 26.7 Å². The van der Waals surface area contributed by atoms with Gasteiger partial charge in [0.2, 0.25) is 23.1 Å². The van der Waals surface area contributed by atoms with Gasteiger partial charge in [-0.1, -0.05) is 44.2 Å². The molecule has 0 saturated heterocycles. The second-order valence-corrected chi connectivity index (χ2v) is 12.9. The summed E-state index contributed by atoms with van der Waals surface area (Å²) in [7, 11) is 0. The third kappa shape index (κ3) is 3.79. The Morgan fingerprint density at radius 1 is 0.894 bits per heavy atom. The molecule has 9 heteroatoms. The first-order valence-electron chi connectivity index (χ1n) is 16.2. The average molecular weight is 632 g/mol. The number of aromatic nitrogens is 5. The van der Waals surface area contributed by atoms with Gasteiger partial charge in [-0.25, -0.2) is 4.68 Å². The molecular weight excluding hydrogens is 599 g/mol. The van der Waals surface area contributed by atoms with Crippen LogP contribution in [0.1, 0.15) is 62.1 Å². The monoisotopic (exact) mass is 631 g/mol. The van der Waals surface area contributed by atoms with Crippen LogP contribution in [0.15, 0.2) is 95.5 Å². The van der Waals surface area contributed by atoms with Crippen LogP contribution < -0.4 is 9.13 Å². The van der Waals surface area contributed by atoms with Crippen molar-refractivity contribution in [3.05, 3.63) is 108 Å². The molecular formula is C38H32F3N5O+2. The predicted octanol–water partition coefficient (Wildman–Crippen LogP) is 8.63. The molecule has 9 rings (SSSR count). The van der Waals surface area contributed by atoms with Crippen molar-refractivity contribution >= 4 is 32.8 Å². The number of halogens is 3. The van der Waals surface area contributed by atoms with E-state index in [1.54, 1.807) is 4.68 Å². The Hall–Kier alpha value is -5.05. The maximum atomic E-state index is 14.4. The SMILES string of the molecule is CCC1(CC)CC(C2c3ccc4oc5ccccc5c4c3-c3cc(C)c4ccccc4[n+]32)n2nc(C(F)(F)F)nc2-c2cccc[n+]21. The van der Waals surface area contributed by atoms with Gasteiger partial charge in [-0.05, 0) is 42.8 Å². The summed E-state index contributed by atoms with van der Waals surface area (Å²) in [6.07, 6.45) is -0.579. The minimum absolute atomic E-state index is 0.230. The Morgan fingerprint density at radius 2 is 1.64 bits per heavy atom. The molecule has 2 aliphatic rings. The third-order valence-electron chi connectivity index (χ3n) is 10.7. The fraction of sp³-hybridized carbons (Fsp3) is 0.263. The summed E-state index contributed by atoms with van der Waals surface area (Å²) in [6.45, 7) is 6.44. The van der Waals surface area contributed by atoms with Gasteiger partial charge in [0.1, 0.15) is 17.2 Å². The van der Waals surface area contributed by atoms with Crippen LogP contribution in [0.3, 0.4) is 0 Å². The number of para-hydroxylation sites is 2. The van der Waals surface area contributed by atoms with Gasteiger partial charge in [-0.15, -0.1) is 5.10 Å². The highest BCUT2D eigenvalue weighted by molar-refractivity contribution is 6.13. The molecule has 6 nitrogen and oxygen atoms in total. The molecule has 2 atom stereocenters. The second-order valence-electron chi connectivity index (χ2n) is 12.9. The molecule has 7 aromatic rings. The first-order valence-corrected chi connectivity index (χ1v) is 16.2. The Balaban J connectivity index is 1.42. The van der Waals surface area contributed by atoms with E-state index in [9.17, 15) is 13.2 Å². The van der Waals surface area contributed by atoms with Crippen molar-refractivity contribution in [1.29, 1.82) is 0 Å².